The zero-order chi connectivity index (χ0) is 15.9. The second kappa shape index (κ2) is 8.58. The summed E-state index contributed by atoms with van der Waals surface area (Å²) < 4.78 is 0. The van der Waals surface area contributed by atoms with Crippen LogP contribution in [0.4, 0.5) is 0 Å². The van der Waals surface area contributed by atoms with Crippen molar-refractivity contribution in [2.75, 3.05) is 0 Å². The highest BCUT2D eigenvalue weighted by atomic mass is 16.3. The maximum absolute atomic E-state index is 10.5. The Kier molecular flexibility index (Phi) is 7.45. The van der Waals surface area contributed by atoms with Crippen LogP contribution < -0.4 is 0 Å². The van der Waals surface area contributed by atoms with Crippen molar-refractivity contribution in [1.82, 2.24) is 0 Å². The van der Waals surface area contributed by atoms with Crippen molar-refractivity contribution in [3.05, 3.63) is 35.5 Å². The van der Waals surface area contributed by atoms with E-state index in [2.05, 4.69) is 45.9 Å². The predicted octanol–water partition coefficient (Wildman–Crippen LogP) is 5.81. The Labute approximate surface area is 131 Å². The first-order chi connectivity index (χ1) is 9.80. The molecule has 2 atom stereocenters. The summed E-state index contributed by atoms with van der Waals surface area (Å²) >= 11 is 0. The summed E-state index contributed by atoms with van der Waals surface area (Å²) in [6.07, 6.45) is 15.4. The van der Waals surface area contributed by atoms with Crippen LogP contribution in [0.1, 0.15) is 73.1 Å². The van der Waals surface area contributed by atoms with Crippen LogP contribution in [0.25, 0.3) is 0 Å². The van der Waals surface area contributed by atoms with Gasteiger partial charge in [-0.15, -0.1) is 0 Å². The molecule has 0 radical (unpaired) electrons. The molecule has 1 heteroatoms. The van der Waals surface area contributed by atoms with Gasteiger partial charge in [0.1, 0.15) is 0 Å². The van der Waals surface area contributed by atoms with Gasteiger partial charge >= 0.3 is 0 Å². The molecule has 1 N–H and O–H groups in total. The van der Waals surface area contributed by atoms with Crippen LogP contribution in [0.5, 0.6) is 0 Å². The van der Waals surface area contributed by atoms with E-state index < -0.39 is 5.60 Å². The zero-order valence-corrected chi connectivity index (χ0v) is 14.7. The molecule has 0 unspecified atom stereocenters. The molecule has 0 fully saturated rings. The van der Waals surface area contributed by atoms with Gasteiger partial charge in [0.25, 0.3) is 0 Å². The van der Waals surface area contributed by atoms with E-state index in [1.54, 1.807) is 0 Å². The van der Waals surface area contributed by atoms with Gasteiger partial charge in [-0.1, -0.05) is 49.3 Å². The summed E-state index contributed by atoms with van der Waals surface area (Å²) in [5, 5.41) is 10.5. The van der Waals surface area contributed by atoms with Crippen molar-refractivity contribution in [3.8, 4) is 0 Å². The minimum atomic E-state index is -0.682. The molecule has 0 saturated heterocycles. The number of rotatable bonds is 1. The molecule has 0 spiro atoms. The maximum Gasteiger partial charge on any atom is 0.0802 e. The molecule has 0 saturated carbocycles. The van der Waals surface area contributed by atoms with E-state index in [1.807, 2.05) is 13.0 Å². The van der Waals surface area contributed by atoms with Crippen LogP contribution in [-0.2, 0) is 0 Å². The molecular weight excluding hydrogens is 256 g/mol. The topological polar surface area (TPSA) is 20.2 Å². The third-order valence-electron chi connectivity index (χ3n) is 4.61. The van der Waals surface area contributed by atoms with Crippen LogP contribution in [0.15, 0.2) is 35.5 Å². The summed E-state index contributed by atoms with van der Waals surface area (Å²) in [6.45, 7) is 10.9. The minimum absolute atomic E-state index is 0.556. The fourth-order valence-electron chi connectivity index (χ4n) is 2.82. The Morgan fingerprint density at radius 2 is 1.71 bits per heavy atom. The molecule has 1 rings (SSSR count). The van der Waals surface area contributed by atoms with Gasteiger partial charge in [0.05, 0.1) is 5.60 Å². The molecule has 0 amide bonds. The number of aliphatic hydroxyl groups is 1. The van der Waals surface area contributed by atoms with Crippen molar-refractivity contribution in [2.45, 2.75) is 78.7 Å². The second-order valence-electron chi connectivity index (χ2n) is 7.34. The van der Waals surface area contributed by atoms with Gasteiger partial charge in [-0.2, -0.15) is 0 Å². The van der Waals surface area contributed by atoms with Crippen molar-refractivity contribution >= 4 is 0 Å². The zero-order valence-electron chi connectivity index (χ0n) is 14.7. The molecule has 0 aromatic heterocycles. The normalized spacial score (nSPS) is 36.2. The van der Waals surface area contributed by atoms with E-state index in [4.69, 9.17) is 0 Å². The van der Waals surface area contributed by atoms with Gasteiger partial charge < -0.3 is 5.11 Å². The van der Waals surface area contributed by atoms with Crippen LogP contribution in [0.2, 0.25) is 0 Å². The molecule has 1 aliphatic rings. The number of allylic oxidation sites excluding steroid dienone is 5. The Morgan fingerprint density at radius 3 is 2.38 bits per heavy atom. The minimum Gasteiger partial charge on any atom is -0.386 e. The Bertz CT molecular complexity index is 396. The highest BCUT2D eigenvalue weighted by Crippen LogP contribution is 2.25. The first-order valence-corrected chi connectivity index (χ1v) is 8.53. The summed E-state index contributed by atoms with van der Waals surface area (Å²) in [4.78, 5) is 0. The second-order valence-corrected chi connectivity index (χ2v) is 7.34. The molecule has 1 aliphatic carbocycles. The van der Waals surface area contributed by atoms with Crippen molar-refractivity contribution in [3.63, 3.8) is 0 Å². The van der Waals surface area contributed by atoms with E-state index in [0.717, 1.165) is 32.1 Å². The van der Waals surface area contributed by atoms with Crippen LogP contribution in [0, 0.1) is 11.8 Å². The average molecular weight is 290 g/mol. The first kappa shape index (κ1) is 18.2. The fourth-order valence-corrected chi connectivity index (χ4v) is 2.82. The fraction of sp³-hybridized carbons (Fsp3) is 0.700. The molecule has 120 valence electrons. The standard InChI is InChI=1S/C20H34O/c1-16(2)19-12-11-18(4)9-6-8-17(3)10-7-14-20(5,21)15-13-19/h9-10,13,15-16,19,21H,6-8,11-12,14H2,1-5H3/b15-13+,17-10+,18-9-/t19-,20-/m1/s1. The monoisotopic (exact) mass is 290 g/mol. The van der Waals surface area contributed by atoms with Gasteiger partial charge in [0.15, 0.2) is 0 Å². The van der Waals surface area contributed by atoms with E-state index in [0.29, 0.717) is 11.8 Å². The molecule has 0 aliphatic heterocycles. The molecule has 21 heavy (non-hydrogen) atoms. The summed E-state index contributed by atoms with van der Waals surface area (Å²) in [7, 11) is 0. The van der Waals surface area contributed by atoms with Crippen molar-refractivity contribution in [2.24, 2.45) is 11.8 Å². The largest absolute Gasteiger partial charge is 0.386 e. The summed E-state index contributed by atoms with van der Waals surface area (Å²) in [5.41, 5.74) is 2.26. The summed E-state index contributed by atoms with van der Waals surface area (Å²) in [6, 6.07) is 0. The van der Waals surface area contributed by atoms with E-state index in [9.17, 15) is 5.11 Å². The quantitative estimate of drug-likeness (QED) is 0.604. The Morgan fingerprint density at radius 1 is 1.10 bits per heavy atom. The molecule has 0 heterocycles. The van der Waals surface area contributed by atoms with Gasteiger partial charge in [-0.25, -0.2) is 0 Å². The van der Waals surface area contributed by atoms with E-state index >= 15 is 0 Å². The molecule has 0 aromatic rings. The molecule has 0 aromatic carbocycles. The highest BCUT2D eigenvalue weighted by molar-refractivity contribution is 5.08. The molecule has 1 nitrogen and oxygen atoms in total. The lowest BCUT2D eigenvalue weighted by molar-refractivity contribution is 0.102. The smallest absolute Gasteiger partial charge is 0.0802 e. The van der Waals surface area contributed by atoms with E-state index in [1.165, 1.54) is 17.6 Å². The Hall–Kier alpha value is -0.820. The van der Waals surface area contributed by atoms with Crippen LogP contribution in [-0.4, -0.2) is 10.7 Å². The maximum atomic E-state index is 10.5. The highest BCUT2D eigenvalue weighted by Gasteiger charge is 2.17. The average Bonchev–Trinajstić information content (AvgIpc) is 2.37. The van der Waals surface area contributed by atoms with E-state index in [-0.39, 0.29) is 0 Å². The number of hydrogen-bond acceptors (Lipinski definition) is 1. The summed E-state index contributed by atoms with van der Waals surface area (Å²) in [5.74, 6) is 1.18. The number of hydrogen-bond donors (Lipinski definition) is 1. The lowest BCUT2D eigenvalue weighted by Gasteiger charge is -2.22. The third kappa shape index (κ3) is 7.66. The predicted molar refractivity (Wildman–Crippen MR) is 93.3 cm³/mol. The lowest BCUT2D eigenvalue weighted by atomic mass is 9.87. The molecular formula is C20H34O. The van der Waals surface area contributed by atoms with Gasteiger partial charge in [-0.3, -0.25) is 0 Å². The third-order valence-corrected chi connectivity index (χ3v) is 4.61. The van der Waals surface area contributed by atoms with Crippen LogP contribution in [0.3, 0.4) is 0 Å². The van der Waals surface area contributed by atoms with Gasteiger partial charge in [-0.05, 0) is 71.1 Å². The van der Waals surface area contributed by atoms with Crippen molar-refractivity contribution < 1.29 is 5.11 Å². The first-order valence-electron chi connectivity index (χ1n) is 8.53. The SMILES string of the molecule is C/C1=C/CC/C(C)=C/CC[C@@](C)(O)/C=C/[C@H](C(C)C)CC1. The Balaban J connectivity index is 2.87. The van der Waals surface area contributed by atoms with Gasteiger partial charge in [0.2, 0.25) is 0 Å². The lowest BCUT2D eigenvalue weighted by Crippen LogP contribution is -2.21. The van der Waals surface area contributed by atoms with Crippen molar-refractivity contribution in [1.29, 1.82) is 0 Å². The van der Waals surface area contributed by atoms with Gasteiger partial charge in [0, 0.05) is 0 Å². The molecule has 0 bridgehead atoms. The van der Waals surface area contributed by atoms with Crippen LogP contribution >= 0.6 is 0 Å².